The number of benzene rings is 1. The maximum Gasteiger partial charge on any atom is 0.232 e. The minimum atomic E-state index is -0.685. The summed E-state index contributed by atoms with van der Waals surface area (Å²) in [6.45, 7) is 2.12. The van der Waals surface area contributed by atoms with Crippen LogP contribution in [0.1, 0.15) is 12.5 Å². The van der Waals surface area contributed by atoms with Gasteiger partial charge >= 0.3 is 0 Å². The van der Waals surface area contributed by atoms with Crippen LogP contribution in [-0.2, 0) is 11.3 Å². The second kappa shape index (κ2) is 4.60. The first kappa shape index (κ1) is 11.7. The molecule has 0 aromatic heterocycles. The van der Waals surface area contributed by atoms with Crippen molar-refractivity contribution in [3.05, 3.63) is 35.9 Å². The predicted molar refractivity (Wildman–Crippen MR) is 64.8 cm³/mol. The number of terminal acetylenes is 1. The van der Waals surface area contributed by atoms with E-state index in [1.54, 1.807) is 11.8 Å². The Hall–Kier alpha value is -1.79. The lowest BCUT2D eigenvalue weighted by molar-refractivity contribution is -0.160. The van der Waals surface area contributed by atoms with Crippen LogP contribution in [0.25, 0.3) is 0 Å². The molecular formula is C14H15NO2. The van der Waals surface area contributed by atoms with Crippen molar-refractivity contribution in [3.63, 3.8) is 0 Å². The minimum Gasteiger partial charge on any atom is -0.392 e. The van der Waals surface area contributed by atoms with E-state index in [-0.39, 0.29) is 11.9 Å². The fourth-order valence-electron chi connectivity index (χ4n) is 2.20. The van der Waals surface area contributed by atoms with E-state index in [0.29, 0.717) is 6.54 Å². The van der Waals surface area contributed by atoms with Gasteiger partial charge in [0, 0.05) is 6.54 Å². The molecule has 88 valence electrons. The van der Waals surface area contributed by atoms with E-state index in [4.69, 9.17) is 6.42 Å². The maximum absolute atomic E-state index is 11.8. The van der Waals surface area contributed by atoms with E-state index in [9.17, 15) is 9.90 Å². The van der Waals surface area contributed by atoms with Crippen LogP contribution in [0.5, 0.6) is 0 Å². The molecule has 0 unspecified atom stereocenters. The van der Waals surface area contributed by atoms with E-state index < -0.39 is 12.0 Å². The highest BCUT2D eigenvalue weighted by molar-refractivity contribution is 5.87. The zero-order valence-corrected chi connectivity index (χ0v) is 9.71. The molecule has 1 aliphatic heterocycles. The van der Waals surface area contributed by atoms with Gasteiger partial charge in [0.15, 0.2) is 0 Å². The number of nitrogens with zero attached hydrogens (tertiary/aromatic N) is 1. The van der Waals surface area contributed by atoms with Crippen LogP contribution in [-0.4, -0.2) is 28.1 Å². The molecule has 1 fully saturated rings. The molecule has 2 rings (SSSR count). The molecule has 1 N–H and O–H groups in total. The zero-order chi connectivity index (χ0) is 12.4. The van der Waals surface area contributed by atoms with Crippen molar-refractivity contribution < 1.29 is 9.90 Å². The molecule has 1 aromatic rings. The summed E-state index contributed by atoms with van der Waals surface area (Å²) in [5.74, 6) is 2.07. The Morgan fingerprint density at radius 1 is 1.47 bits per heavy atom. The lowest BCUT2D eigenvalue weighted by atomic mass is 9.83. The number of rotatable bonds is 3. The van der Waals surface area contributed by atoms with Crippen molar-refractivity contribution in [2.75, 3.05) is 0 Å². The Morgan fingerprint density at radius 2 is 2.12 bits per heavy atom. The average molecular weight is 229 g/mol. The van der Waals surface area contributed by atoms with Gasteiger partial charge in [0.05, 0.1) is 12.0 Å². The Morgan fingerprint density at radius 3 is 2.65 bits per heavy atom. The lowest BCUT2D eigenvalue weighted by Gasteiger charge is -2.45. The fourth-order valence-corrected chi connectivity index (χ4v) is 2.20. The van der Waals surface area contributed by atoms with Crippen LogP contribution in [0.15, 0.2) is 30.3 Å². The van der Waals surface area contributed by atoms with E-state index in [2.05, 4.69) is 5.92 Å². The van der Waals surface area contributed by atoms with Crippen molar-refractivity contribution in [2.45, 2.75) is 25.6 Å². The van der Waals surface area contributed by atoms with Crippen LogP contribution in [0.3, 0.4) is 0 Å². The zero-order valence-electron chi connectivity index (χ0n) is 9.71. The van der Waals surface area contributed by atoms with Crippen LogP contribution in [0.2, 0.25) is 0 Å². The number of aliphatic hydroxyl groups is 1. The molecule has 0 bridgehead atoms. The topological polar surface area (TPSA) is 40.5 Å². The molecule has 17 heavy (non-hydrogen) atoms. The summed E-state index contributed by atoms with van der Waals surface area (Å²) < 4.78 is 0. The van der Waals surface area contributed by atoms with Gasteiger partial charge < -0.3 is 10.0 Å². The number of hydrogen-bond donors (Lipinski definition) is 1. The molecule has 3 nitrogen and oxygen atoms in total. The summed E-state index contributed by atoms with van der Waals surface area (Å²) in [5, 5.41) is 9.48. The largest absolute Gasteiger partial charge is 0.392 e. The van der Waals surface area contributed by atoms with Crippen LogP contribution in [0, 0.1) is 18.3 Å². The van der Waals surface area contributed by atoms with E-state index >= 15 is 0 Å². The van der Waals surface area contributed by atoms with Crippen LogP contribution in [0.4, 0.5) is 0 Å². The monoisotopic (exact) mass is 229 g/mol. The molecule has 0 aliphatic carbocycles. The molecule has 1 heterocycles. The van der Waals surface area contributed by atoms with E-state index in [1.807, 2.05) is 30.3 Å². The first-order chi connectivity index (χ1) is 8.15. The molecule has 3 heteroatoms. The van der Waals surface area contributed by atoms with Gasteiger partial charge in [0.25, 0.3) is 0 Å². The standard InChI is InChI=1S/C14H15NO2/c1-3-12-13(10(2)16)14(17)15(12)9-11-7-5-4-6-8-11/h1,4-8,10,12-13,16H,9H2,2H3/t10-,12-,13-/m1/s1. The van der Waals surface area contributed by atoms with Gasteiger partial charge in [-0.1, -0.05) is 36.3 Å². The third kappa shape index (κ3) is 2.04. The highest BCUT2D eigenvalue weighted by Crippen LogP contribution is 2.30. The maximum atomic E-state index is 11.8. The summed E-state index contributed by atoms with van der Waals surface area (Å²) in [5.41, 5.74) is 1.05. The number of aliphatic hydroxyl groups excluding tert-OH is 1. The molecule has 0 saturated carbocycles. The molecule has 1 amide bonds. The lowest BCUT2D eigenvalue weighted by Crippen LogP contribution is -2.62. The van der Waals surface area contributed by atoms with Gasteiger partial charge in [-0.2, -0.15) is 0 Å². The quantitative estimate of drug-likeness (QED) is 0.621. The molecule has 1 aliphatic rings. The number of carbonyl (C=O) groups excluding carboxylic acids is 1. The van der Waals surface area contributed by atoms with E-state index in [1.165, 1.54) is 0 Å². The second-order valence-electron chi connectivity index (χ2n) is 4.33. The van der Waals surface area contributed by atoms with Crippen molar-refractivity contribution >= 4 is 5.91 Å². The van der Waals surface area contributed by atoms with Gasteiger partial charge in [-0.15, -0.1) is 6.42 Å². The molecule has 0 radical (unpaired) electrons. The van der Waals surface area contributed by atoms with Crippen LogP contribution >= 0.6 is 0 Å². The number of carbonyl (C=O) groups is 1. The minimum absolute atomic E-state index is 0.0631. The highest BCUT2D eigenvalue weighted by atomic mass is 16.3. The molecule has 1 aromatic carbocycles. The number of likely N-dealkylation sites (tertiary alicyclic amines) is 1. The van der Waals surface area contributed by atoms with Crippen molar-refractivity contribution in [3.8, 4) is 12.3 Å². The molecule has 0 spiro atoms. The Bertz CT molecular complexity index is 447. The number of β-lactam (4-membered cyclic amide) rings is 1. The third-order valence-corrected chi connectivity index (χ3v) is 3.13. The Kier molecular flexibility index (Phi) is 3.16. The summed E-state index contributed by atoms with van der Waals surface area (Å²) >= 11 is 0. The normalized spacial score (nSPS) is 25.0. The Labute approximate surface area is 101 Å². The van der Waals surface area contributed by atoms with Crippen molar-refractivity contribution in [1.82, 2.24) is 4.90 Å². The van der Waals surface area contributed by atoms with Gasteiger partial charge in [-0.25, -0.2) is 0 Å². The van der Waals surface area contributed by atoms with Crippen molar-refractivity contribution in [2.24, 2.45) is 5.92 Å². The first-order valence-electron chi connectivity index (χ1n) is 5.63. The van der Waals surface area contributed by atoms with Gasteiger partial charge in [0.1, 0.15) is 6.04 Å². The van der Waals surface area contributed by atoms with Gasteiger partial charge in [0.2, 0.25) is 5.91 Å². The number of hydrogen-bond acceptors (Lipinski definition) is 2. The molecular weight excluding hydrogens is 214 g/mol. The molecule has 3 atom stereocenters. The summed E-state index contributed by atoms with van der Waals surface area (Å²) in [7, 11) is 0. The predicted octanol–water partition coefficient (Wildman–Crippen LogP) is 1.03. The SMILES string of the molecule is C#C[C@@H]1[C@@H]([C@@H](C)O)C(=O)N1Cc1ccccc1. The summed E-state index contributed by atoms with van der Waals surface area (Å²) in [6, 6.07) is 9.40. The van der Waals surface area contributed by atoms with Gasteiger partial charge in [-0.05, 0) is 12.5 Å². The molecule has 1 saturated heterocycles. The first-order valence-corrected chi connectivity index (χ1v) is 5.63. The van der Waals surface area contributed by atoms with E-state index in [0.717, 1.165) is 5.56 Å². The Balaban J connectivity index is 2.09. The summed E-state index contributed by atoms with van der Waals surface area (Å²) in [6.07, 6.45) is 4.73. The fraction of sp³-hybridized carbons (Fsp3) is 0.357. The smallest absolute Gasteiger partial charge is 0.232 e. The van der Waals surface area contributed by atoms with Gasteiger partial charge in [-0.3, -0.25) is 4.79 Å². The second-order valence-corrected chi connectivity index (χ2v) is 4.33. The summed E-state index contributed by atoms with van der Waals surface area (Å²) in [4.78, 5) is 13.5. The third-order valence-electron chi connectivity index (χ3n) is 3.13. The van der Waals surface area contributed by atoms with Crippen molar-refractivity contribution in [1.29, 1.82) is 0 Å². The average Bonchev–Trinajstić information content (AvgIpc) is 2.33. The highest BCUT2D eigenvalue weighted by Gasteiger charge is 2.48. The van der Waals surface area contributed by atoms with Crippen LogP contribution < -0.4 is 0 Å². The number of amides is 1.